The standard InChI is InChI=1S/C17H25NO2/c1-16(2)9-13-8-12(4-7-15(13)20-16)10-18-17(3,11-19)14-5-6-14/h4,7-8,14,18-19H,5-6,9-11H2,1-3H3. The van der Waals surface area contributed by atoms with Crippen LogP contribution in [0.2, 0.25) is 0 Å². The summed E-state index contributed by atoms with van der Waals surface area (Å²) in [5.41, 5.74) is 2.35. The number of benzene rings is 1. The SMILES string of the molecule is CC1(C)Cc2cc(CNC(C)(CO)C3CC3)ccc2O1. The second kappa shape index (κ2) is 4.74. The molecule has 1 atom stereocenters. The third-order valence-electron chi connectivity index (χ3n) is 4.63. The Bertz CT molecular complexity index is 508. The van der Waals surface area contributed by atoms with Crippen LogP contribution in [-0.4, -0.2) is 22.9 Å². The van der Waals surface area contributed by atoms with Crippen LogP contribution in [0.1, 0.15) is 44.7 Å². The smallest absolute Gasteiger partial charge is 0.123 e. The van der Waals surface area contributed by atoms with Crippen LogP contribution >= 0.6 is 0 Å². The highest BCUT2D eigenvalue weighted by atomic mass is 16.5. The summed E-state index contributed by atoms with van der Waals surface area (Å²) in [6.45, 7) is 7.39. The van der Waals surface area contributed by atoms with Gasteiger partial charge in [-0.3, -0.25) is 0 Å². The molecule has 0 saturated heterocycles. The fraction of sp³-hybridized carbons (Fsp3) is 0.647. The first kappa shape index (κ1) is 13.9. The molecule has 2 N–H and O–H groups in total. The van der Waals surface area contributed by atoms with Crippen LogP contribution in [0.4, 0.5) is 0 Å². The van der Waals surface area contributed by atoms with Gasteiger partial charge in [-0.2, -0.15) is 0 Å². The zero-order chi connectivity index (χ0) is 14.4. The van der Waals surface area contributed by atoms with E-state index < -0.39 is 0 Å². The molecule has 0 bridgehead atoms. The summed E-state index contributed by atoms with van der Waals surface area (Å²) in [5.74, 6) is 1.65. The van der Waals surface area contributed by atoms with Crippen molar-refractivity contribution in [3.63, 3.8) is 0 Å². The van der Waals surface area contributed by atoms with E-state index >= 15 is 0 Å². The summed E-state index contributed by atoms with van der Waals surface area (Å²) >= 11 is 0. The molecule has 1 fully saturated rings. The van der Waals surface area contributed by atoms with Gasteiger partial charge in [0.05, 0.1) is 6.61 Å². The minimum Gasteiger partial charge on any atom is -0.487 e. The van der Waals surface area contributed by atoms with Gasteiger partial charge in [-0.1, -0.05) is 12.1 Å². The predicted molar refractivity (Wildman–Crippen MR) is 79.9 cm³/mol. The Hall–Kier alpha value is -1.06. The molecule has 110 valence electrons. The lowest BCUT2D eigenvalue weighted by Gasteiger charge is -2.29. The molecular formula is C17H25NO2. The molecule has 1 aliphatic heterocycles. The highest BCUT2D eigenvalue weighted by Gasteiger charge is 2.40. The third-order valence-corrected chi connectivity index (χ3v) is 4.63. The van der Waals surface area contributed by atoms with Gasteiger partial charge < -0.3 is 15.2 Å². The van der Waals surface area contributed by atoms with Crippen LogP contribution in [-0.2, 0) is 13.0 Å². The van der Waals surface area contributed by atoms with Crippen molar-refractivity contribution < 1.29 is 9.84 Å². The Labute approximate surface area is 121 Å². The van der Waals surface area contributed by atoms with Gasteiger partial charge >= 0.3 is 0 Å². The van der Waals surface area contributed by atoms with E-state index in [-0.39, 0.29) is 17.7 Å². The quantitative estimate of drug-likeness (QED) is 0.868. The Morgan fingerprint density at radius 2 is 2.15 bits per heavy atom. The number of aliphatic hydroxyl groups is 1. The van der Waals surface area contributed by atoms with Gasteiger partial charge in [0, 0.05) is 18.5 Å². The lowest BCUT2D eigenvalue weighted by molar-refractivity contribution is 0.138. The molecule has 3 rings (SSSR count). The van der Waals surface area contributed by atoms with Crippen LogP contribution in [0.15, 0.2) is 18.2 Å². The highest BCUT2D eigenvalue weighted by molar-refractivity contribution is 5.41. The minimum atomic E-state index is -0.130. The minimum absolute atomic E-state index is 0.0813. The van der Waals surface area contributed by atoms with Gasteiger partial charge in [-0.25, -0.2) is 0 Å². The number of fused-ring (bicyclic) bond motifs is 1. The first-order valence-electron chi connectivity index (χ1n) is 7.59. The molecule has 1 aliphatic carbocycles. The Morgan fingerprint density at radius 1 is 1.40 bits per heavy atom. The van der Waals surface area contributed by atoms with Crippen molar-refractivity contribution in [2.45, 2.75) is 57.7 Å². The Balaban J connectivity index is 1.67. The Kier molecular flexibility index (Phi) is 3.30. The zero-order valence-corrected chi connectivity index (χ0v) is 12.7. The third kappa shape index (κ3) is 2.70. The maximum absolute atomic E-state index is 9.61. The number of aliphatic hydroxyl groups excluding tert-OH is 1. The van der Waals surface area contributed by atoms with Crippen LogP contribution in [0.3, 0.4) is 0 Å². The van der Waals surface area contributed by atoms with Gasteiger partial charge in [-0.15, -0.1) is 0 Å². The molecule has 3 heteroatoms. The van der Waals surface area contributed by atoms with E-state index in [1.807, 2.05) is 0 Å². The van der Waals surface area contributed by atoms with E-state index in [4.69, 9.17) is 4.74 Å². The fourth-order valence-electron chi connectivity index (χ4n) is 3.13. The van der Waals surface area contributed by atoms with Crippen LogP contribution in [0, 0.1) is 5.92 Å². The van der Waals surface area contributed by atoms with Gasteiger partial charge in [0.1, 0.15) is 11.4 Å². The van der Waals surface area contributed by atoms with Crippen molar-refractivity contribution in [2.75, 3.05) is 6.61 Å². The van der Waals surface area contributed by atoms with E-state index in [0.29, 0.717) is 5.92 Å². The summed E-state index contributed by atoms with van der Waals surface area (Å²) in [7, 11) is 0. The molecule has 0 amide bonds. The van der Waals surface area contributed by atoms with Crippen LogP contribution < -0.4 is 10.1 Å². The number of rotatable bonds is 5. The van der Waals surface area contributed by atoms with E-state index in [1.165, 1.54) is 24.0 Å². The summed E-state index contributed by atoms with van der Waals surface area (Å²) in [4.78, 5) is 0. The number of nitrogens with one attached hydrogen (secondary N) is 1. The molecule has 1 aromatic carbocycles. The zero-order valence-electron chi connectivity index (χ0n) is 12.7. The molecule has 1 unspecified atom stereocenters. The second-order valence-electron chi connectivity index (χ2n) is 7.18. The Morgan fingerprint density at radius 3 is 2.80 bits per heavy atom. The molecule has 0 aromatic heterocycles. The maximum atomic E-state index is 9.61. The lowest BCUT2D eigenvalue weighted by Crippen LogP contribution is -2.47. The van der Waals surface area contributed by atoms with Crippen molar-refractivity contribution in [3.05, 3.63) is 29.3 Å². The van der Waals surface area contributed by atoms with Gasteiger partial charge in [-0.05, 0) is 56.7 Å². The summed E-state index contributed by atoms with van der Waals surface area (Å²) in [6, 6.07) is 6.44. The van der Waals surface area contributed by atoms with E-state index in [9.17, 15) is 5.11 Å². The fourth-order valence-corrected chi connectivity index (χ4v) is 3.13. The molecule has 1 aromatic rings. The largest absolute Gasteiger partial charge is 0.487 e. The van der Waals surface area contributed by atoms with Crippen molar-refractivity contribution >= 4 is 0 Å². The number of ether oxygens (including phenoxy) is 1. The molecule has 0 spiro atoms. The first-order chi connectivity index (χ1) is 9.42. The highest BCUT2D eigenvalue weighted by Crippen LogP contribution is 2.39. The van der Waals surface area contributed by atoms with Gasteiger partial charge in [0.2, 0.25) is 0 Å². The molecule has 1 saturated carbocycles. The molecule has 0 radical (unpaired) electrons. The molecule has 1 heterocycles. The van der Waals surface area contributed by atoms with Crippen molar-refractivity contribution in [3.8, 4) is 5.75 Å². The average Bonchev–Trinajstić information content (AvgIpc) is 3.19. The van der Waals surface area contributed by atoms with Crippen LogP contribution in [0.25, 0.3) is 0 Å². The topological polar surface area (TPSA) is 41.5 Å². The lowest BCUT2D eigenvalue weighted by atomic mass is 9.96. The summed E-state index contributed by atoms with van der Waals surface area (Å²) in [5, 5.41) is 13.2. The van der Waals surface area contributed by atoms with E-state index in [0.717, 1.165) is 18.7 Å². The monoisotopic (exact) mass is 275 g/mol. The predicted octanol–water partition coefficient (Wildman–Crippen LogP) is 2.65. The normalized spacial score (nSPS) is 23.0. The second-order valence-corrected chi connectivity index (χ2v) is 7.18. The average molecular weight is 275 g/mol. The summed E-state index contributed by atoms with van der Waals surface area (Å²) in [6.07, 6.45) is 3.43. The molecule has 2 aliphatic rings. The van der Waals surface area contributed by atoms with E-state index in [2.05, 4.69) is 44.3 Å². The number of hydrogen-bond donors (Lipinski definition) is 2. The van der Waals surface area contributed by atoms with Crippen molar-refractivity contribution in [2.24, 2.45) is 5.92 Å². The molecular weight excluding hydrogens is 250 g/mol. The van der Waals surface area contributed by atoms with E-state index in [1.54, 1.807) is 0 Å². The van der Waals surface area contributed by atoms with Gasteiger partial charge in [0.15, 0.2) is 0 Å². The first-order valence-corrected chi connectivity index (χ1v) is 7.59. The van der Waals surface area contributed by atoms with Crippen LogP contribution in [0.5, 0.6) is 5.75 Å². The molecule has 20 heavy (non-hydrogen) atoms. The number of hydrogen-bond acceptors (Lipinski definition) is 3. The summed E-state index contributed by atoms with van der Waals surface area (Å²) < 4.78 is 5.90. The molecule has 3 nitrogen and oxygen atoms in total. The van der Waals surface area contributed by atoms with Crippen molar-refractivity contribution in [1.29, 1.82) is 0 Å². The van der Waals surface area contributed by atoms with Gasteiger partial charge in [0.25, 0.3) is 0 Å². The van der Waals surface area contributed by atoms with Crippen molar-refractivity contribution in [1.82, 2.24) is 5.32 Å². The maximum Gasteiger partial charge on any atom is 0.123 e.